The van der Waals surface area contributed by atoms with Crippen LogP contribution in [0.3, 0.4) is 0 Å². The van der Waals surface area contributed by atoms with Crippen LogP contribution in [-0.2, 0) is 0 Å². The van der Waals surface area contributed by atoms with Gasteiger partial charge in [-0.1, -0.05) is 0 Å². The van der Waals surface area contributed by atoms with Crippen LogP contribution in [0.1, 0.15) is 0 Å². The quantitative estimate of drug-likeness (QED) is 0.603. The number of rotatable bonds is 0. The Balaban J connectivity index is 3.12. The van der Waals surface area contributed by atoms with E-state index in [1.807, 2.05) is 0 Å². The van der Waals surface area contributed by atoms with Crippen molar-refractivity contribution in [1.29, 1.82) is 0 Å². The maximum absolute atomic E-state index is 4.72. The molecule has 0 aliphatic rings. The zero-order valence-corrected chi connectivity index (χ0v) is 5.87. The van der Waals surface area contributed by atoms with Crippen LogP contribution in [0.25, 0.3) is 0 Å². The standard InChI is InChI=1S/C4H3BrOS/c5-3-1-6-2-4(3)7/h1-2,7H. The molecule has 7 heavy (non-hydrogen) atoms. The van der Waals surface area contributed by atoms with Crippen LogP contribution in [0.2, 0.25) is 0 Å². The van der Waals surface area contributed by atoms with E-state index in [1.54, 1.807) is 12.5 Å². The second kappa shape index (κ2) is 1.92. The van der Waals surface area contributed by atoms with Gasteiger partial charge in [0.25, 0.3) is 0 Å². The summed E-state index contributed by atoms with van der Waals surface area (Å²) in [5, 5.41) is 0. The highest BCUT2D eigenvalue weighted by Crippen LogP contribution is 2.19. The van der Waals surface area contributed by atoms with Crippen LogP contribution in [0.15, 0.2) is 26.3 Å². The third kappa shape index (κ3) is 1.01. The Morgan fingerprint density at radius 1 is 1.57 bits per heavy atom. The van der Waals surface area contributed by atoms with Crippen LogP contribution in [0.5, 0.6) is 0 Å². The molecule has 1 rings (SSSR count). The summed E-state index contributed by atoms with van der Waals surface area (Å²) in [5.74, 6) is 0. The van der Waals surface area contributed by atoms with E-state index in [4.69, 9.17) is 4.42 Å². The van der Waals surface area contributed by atoms with Crippen molar-refractivity contribution < 1.29 is 4.42 Å². The van der Waals surface area contributed by atoms with Gasteiger partial charge in [0.15, 0.2) is 0 Å². The fraction of sp³-hybridized carbons (Fsp3) is 0. The monoisotopic (exact) mass is 178 g/mol. The molecule has 1 aromatic rings. The Bertz CT molecular complexity index is 144. The van der Waals surface area contributed by atoms with Crippen LogP contribution in [-0.4, -0.2) is 0 Å². The summed E-state index contributed by atoms with van der Waals surface area (Å²) >= 11 is 7.20. The summed E-state index contributed by atoms with van der Waals surface area (Å²) in [7, 11) is 0. The van der Waals surface area contributed by atoms with Gasteiger partial charge in [0.1, 0.15) is 12.5 Å². The molecule has 3 heteroatoms. The van der Waals surface area contributed by atoms with Gasteiger partial charge in [-0.05, 0) is 15.9 Å². The van der Waals surface area contributed by atoms with Crippen molar-refractivity contribution in [2.24, 2.45) is 0 Å². The number of hydrogen-bond acceptors (Lipinski definition) is 2. The van der Waals surface area contributed by atoms with E-state index >= 15 is 0 Å². The number of thiol groups is 1. The molecule has 0 radical (unpaired) electrons. The van der Waals surface area contributed by atoms with Gasteiger partial charge in [0.05, 0.1) is 9.37 Å². The average Bonchev–Trinajstić information content (AvgIpc) is 1.91. The summed E-state index contributed by atoms with van der Waals surface area (Å²) < 4.78 is 5.62. The van der Waals surface area contributed by atoms with E-state index in [9.17, 15) is 0 Å². The van der Waals surface area contributed by atoms with Crippen molar-refractivity contribution in [3.63, 3.8) is 0 Å². The molecule has 1 heterocycles. The van der Waals surface area contributed by atoms with Crippen LogP contribution < -0.4 is 0 Å². The lowest BCUT2D eigenvalue weighted by atomic mass is 10.7. The first-order valence-corrected chi connectivity index (χ1v) is 2.95. The Morgan fingerprint density at radius 3 is 2.43 bits per heavy atom. The minimum atomic E-state index is 0.833. The minimum Gasteiger partial charge on any atom is -0.470 e. The number of halogens is 1. The molecule has 0 spiro atoms. The van der Waals surface area contributed by atoms with Crippen molar-refractivity contribution in [2.45, 2.75) is 4.90 Å². The third-order valence-corrected chi connectivity index (χ3v) is 1.86. The van der Waals surface area contributed by atoms with Crippen LogP contribution >= 0.6 is 28.6 Å². The maximum atomic E-state index is 4.72. The first-order chi connectivity index (χ1) is 3.30. The predicted molar refractivity (Wildman–Crippen MR) is 33.7 cm³/mol. The smallest absolute Gasteiger partial charge is 0.106 e. The summed E-state index contributed by atoms with van der Waals surface area (Å²) in [4.78, 5) is 0.833. The largest absolute Gasteiger partial charge is 0.470 e. The summed E-state index contributed by atoms with van der Waals surface area (Å²) in [5.41, 5.74) is 0. The highest BCUT2D eigenvalue weighted by molar-refractivity contribution is 9.10. The SMILES string of the molecule is Sc1cocc1Br. The summed E-state index contributed by atoms with van der Waals surface area (Å²) in [6, 6.07) is 0. The second-order valence-electron chi connectivity index (χ2n) is 1.10. The minimum absolute atomic E-state index is 0.833. The van der Waals surface area contributed by atoms with E-state index in [1.165, 1.54) is 0 Å². The van der Waals surface area contributed by atoms with Gasteiger partial charge in [-0.2, -0.15) is 0 Å². The van der Waals surface area contributed by atoms with Crippen molar-refractivity contribution in [3.05, 3.63) is 17.0 Å². The lowest BCUT2D eigenvalue weighted by Crippen LogP contribution is -1.48. The van der Waals surface area contributed by atoms with E-state index in [2.05, 4.69) is 28.6 Å². The number of hydrogen-bond donors (Lipinski definition) is 1. The fourth-order valence-electron chi connectivity index (χ4n) is 0.275. The molecule has 0 aliphatic heterocycles. The Labute approximate surface area is 55.2 Å². The van der Waals surface area contributed by atoms with Crippen LogP contribution in [0.4, 0.5) is 0 Å². The molecular weight excluding hydrogens is 176 g/mol. The first kappa shape index (κ1) is 5.25. The Morgan fingerprint density at radius 2 is 2.29 bits per heavy atom. The molecule has 0 aliphatic carbocycles. The zero-order chi connectivity index (χ0) is 5.28. The van der Waals surface area contributed by atoms with Gasteiger partial charge in [-0.3, -0.25) is 0 Å². The molecule has 0 saturated carbocycles. The molecule has 1 nitrogen and oxygen atoms in total. The molecule has 0 aromatic carbocycles. The number of furan rings is 1. The molecular formula is C4H3BrOS. The van der Waals surface area contributed by atoms with Crippen molar-refractivity contribution >= 4 is 28.6 Å². The molecule has 0 unspecified atom stereocenters. The van der Waals surface area contributed by atoms with Gasteiger partial charge in [-0.15, -0.1) is 12.6 Å². The normalized spacial score (nSPS) is 9.43. The highest BCUT2D eigenvalue weighted by atomic mass is 79.9. The molecule has 0 atom stereocenters. The van der Waals surface area contributed by atoms with Gasteiger partial charge in [0.2, 0.25) is 0 Å². The Hall–Kier alpha value is 0.110. The predicted octanol–water partition coefficient (Wildman–Crippen LogP) is 2.33. The van der Waals surface area contributed by atoms with Crippen molar-refractivity contribution in [3.8, 4) is 0 Å². The maximum Gasteiger partial charge on any atom is 0.106 e. The van der Waals surface area contributed by atoms with Crippen molar-refractivity contribution in [2.75, 3.05) is 0 Å². The molecule has 0 saturated heterocycles. The summed E-state index contributed by atoms with van der Waals surface area (Å²) in [6.45, 7) is 0. The topological polar surface area (TPSA) is 13.1 Å². The molecule has 0 amide bonds. The molecule has 0 N–H and O–H groups in total. The molecule has 38 valence electrons. The lowest BCUT2D eigenvalue weighted by molar-refractivity contribution is 0.561. The van der Waals surface area contributed by atoms with Gasteiger partial charge < -0.3 is 4.42 Å². The Kier molecular flexibility index (Phi) is 1.44. The fourth-order valence-corrected chi connectivity index (χ4v) is 0.590. The highest BCUT2D eigenvalue weighted by Gasteiger charge is 1.92. The van der Waals surface area contributed by atoms with E-state index < -0.39 is 0 Å². The molecule has 0 fully saturated rings. The second-order valence-corrected chi connectivity index (χ2v) is 2.44. The van der Waals surface area contributed by atoms with Gasteiger partial charge in [0, 0.05) is 0 Å². The third-order valence-electron chi connectivity index (χ3n) is 0.596. The van der Waals surface area contributed by atoms with E-state index in [-0.39, 0.29) is 0 Å². The average molecular weight is 179 g/mol. The summed E-state index contributed by atoms with van der Waals surface area (Å²) in [6.07, 6.45) is 3.15. The van der Waals surface area contributed by atoms with Crippen molar-refractivity contribution in [1.82, 2.24) is 0 Å². The van der Waals surface area contributed by atoms with Crippen LogP contribution in [0, 0.1) is 0 Å². The van der Waals surface area contributed by atoms with Gasteiger partial charge >= 0.3 is 0 Å². The zero-order valence-electron chi connectivity index (χ0n) is 3.39. The molecule has 0 bridgehead atoms. The first-order valence-electron chi connectivity index (χ1n) is 1.71. The van der Waals surface area contributed by atoms with E-state index in [0.717, 1.165) is 9.37 Å². The lowest BCUT2D eigenvalue weighted by Gasteiger charge is -1.73. The molecule has 1 aromatic heterocycles. The van der Waals surface area contributed by atoms with Gasteiger partial charge in [-0.25, -0.2) is 0 Å². The van der Waals surface area contributed by atoms with E-state index in [0.29, 0.717) is 0 Å².